The molecule has 0 bridgehead atoms. The summed E-state index contributed by atoms with van der Waals surface area (Å²) in [5.41, 5.74) is 3.56. The maximum atomic E-state index is 6.23. The molecule has 4 rings (SSSR count). The van der Waals surface area contributed by atoms with Crippen molar-refractivity contribution >= 4 is 40.3 Å². The lowest BCUT2D eigenvalue weighted by Crippen LogP contribution is -1.86. The van der Waals surface area contributed by atoms with E-state index in [-0.39, 0.29) is 0 Å². The summed E-state index contributed by atoms with van der Waals surface area (Å²) in [6, 6.07) is 18.0. The number of hydrogen-bond acceptors (Lipinski definition) is 2. The van der Waals surface area contributed by atoms with Gasteiger partial charge in [0.15, 0.2) is 5.15 Å². The zero-order valence-corrected chi connectivity index (χ0v) is 12.4. The number of aromatic nitrogens is 3. The standard InChI is InChI=1S/C18H12ClN3/c19-18-16(22-12-4-3-7-17(22)21-18)11-10-14-9-8-13-5-1-2-6-15(13)20-14/h1-12H. The first-order valence-electron chi connectivity index (χ1n) is 6.98. The van der Waals surface area contributed by atoms with Crippen LogP contribution in [0.2, 0.25) is 5.15 Å². The van der Waals surface area contributed by atoms with Gasteiger partial charge in [-0.05, 0) is 36.4 Å². The summed E-state index contributed by atoms with van der Waals surface area (Å²) in [7, 11) is 0. The van der Waals surface area contributed by atoms with Crippen molar-refractivity contribution in [2.45, 2.75) is 0 Å². The number of para-hydroxylation sites is 1. The number of halogens is 1. The topological polar surface area (TPSA) is 30.2 Å². The molecule has 0 N–H and O–H groups in total. The summed E-state index contributed by atoms with van der Waals surface area (Å²) in [5.74, 6) is 0. The van der Waals surface area contributed by atoms with E-state index in [1.165, 1.54) is 0 Å². The zero-order chi connectivity index (χ0) is 14.9. The number of rotatable bonds is 2. The van der Waals surface area contributed by atoms with Crippen molar-refractivity contribution in [2.75, 3.05) is 0 Å². The molecule has 3 heterocycles. The van der Waals surface area contributed by atoms with Crippen molar-refractivity contribution in [3.05, 3.63) is 77.3 Å². The van der Waals surface area contributed by atoms with Gasteiger partial charge in [-0.3, -0.25) is 4.40 Å². The normalized spacial score (nSPS) is 11.7. The monoisotopic (exact) mass is 305 g/mol. The van der Waals surface area contributed by atoms with Crippen molar-refractivity contribution in [1.82, 2.24) is 14.4 Å². The lowest BCUT2D eigenvalue weighted by molar-refractivity contribution is 1.17. The Hall–Kier alpha value is -2.65. The summed E-state index contributed by atoms with van der Waals surface area (Å²) < 4.78 is 1.96. The van der Waals surface area contributed by atoms with E-state index in [9.17, 15) is 0 Å². The third-order valence-electron chi connectivity index (χ3n) is 3.55. The molecule has 0 fully saturated rings. The number of hydrogen-bond donors (Lipinski definition) is 0. The van der Waals surface area contributed by atoms with Gasteiger partial charge in [0.1, 0.15) is 5.65 Å². The van der Waals surface area contributed by atoms with Crippen LogP contribution < -0.4 is 0 Å². The van der Waals surface area contributed by atoms with Crippen molar-refractivity contribution in [2.24, 2.45) is 0 Å². The number of imidazole rings is 1. The van der Waals surface area contributed by atoms with Crippen molar-refractivity contribution in [3.8, 4) is 0 Å². The number of nitrogens with zero attached hydrogens (tertiary/aromatic N) is 3. The van der Waals surface area contributed by atoms with E-state index in [2.05, 4.69) is 22.1 Å². The fourth-order valence-electron chi connectivity index (χ4n) is 2.47. The van der Waals surface area contributed by atoms with Crippen molar-refractivity contribution in [3.63, 3.8) is 0 Å². The second kappa shape index (κ2) is 5.28. The first-order valence-corrected chi connectivity index (χ1v) is 7.35. The fraction of sp³-hybridized carbons (Fsp3) is 0. The molecule has 0 spiro atoms. The number of pyridine rings is 2. The molecule has 0 aliphatic rings. The lowest BCUT2D eigenvalue weighted by Gasteiger charge is -1.99. The van der Waals surface area contributed by atoms with Gasteiger partial charge in [-0.2, -0.15) is 0 Å². The Kier molecular flexibility index (Phi) is 3.13. The van der Waals surface area contributed by atoms with Crippen LogP contribution in [0.4, 0.5) is 0 Å². The predicted octanol–water partition coefficient (Wildman–Crippen LogP) is 4.71. The average molecular weight is 306 g/mol. The highest BCUT2D eigenvalue weighted by Crippen LogP contribution is 2.20. The Bertz CT molecular complexity index is 1000. The lowest BCUT2D eigenvalue weighted by atomic mass is 10.2. The molecule has 0 aliphatic carbocycles. The highest BCUT2D eigenvalue weighted by Gasteiger charge is 2.06. The van der Waals surface area contributed by atoms with Crippen LogP contribution in [0, 0.1) is 0 Å². The number of benzene rings is 1. The molecule has 0 aliphatic heterocycles. The molecule has 3 nitrogen and oxygen atoms in total. The van der Waals surface area contributed by atoms with E-state index >= 15 is 0 Å². The van der Waals surface area contributed by atoms with Gasteiger partial charge in [0.25, 0.3) is 0 Å². The van der Waals surface area contributed by atoms with Gasteiger partial charge in [0, 0.05) is 11.6 Å². The van der Waals surface area contributed by atoms with Crippen LogP contribution in [-0.2, 0) is 0 Å². The minimum Gasteiger partial charge on any atom is -0.299 e. The maximum Gasteiger partial charge on any atom is 0.155 e. The third-order valence-corrected chi connectivity index (χ3v) is 3.83. The van der Waals surface area contributed by atoms with Crippen LogP contribution in [0.3, 0.4) is 0 Å². The molecule has 1 aromatic carbocycles. The maximum absolute atomic E-state index is 6.23. The minimum absolute atomic E-state index is 0.489. The summed E-state index contributed by atoms with van der Waals surface area (Å²) >= 11 is 6.23. The molecular weight excluding hydrogens is 294 g/mol. The average Bonchev–Trinajstić information content (AvgIpc) is 2.88. The molecule has 0 radical (unpaired) electrons. The van der Waals surface area contributed by atoms with Crippen LogP contribution in [0.1, 0.15) is 11.4 Å². The summed E-state index contributed by atoms with van der Waals surface area (Å²) in [6.45, 7) is 0. The van der Waals surface area contributed by atoms with E-state index in [4.69, 9.17) is 11.6 Å². The highest BCUT2D eigenvalue weighted by molar-refractivity contribution is 6.31. The van der Waals surface area contributed by atoms with Gasteiger partial charge in [-0.25, -0.2) is 9.97 Å². The Morgan fingerprint density at radius 3 is 2.68 bits per heavy atom. The predicted molar refractivity (Wildman–Crippen MR) is 90.9 cm³/mol. The van der Waals surface area contributed by atoms with E-state index in [1.54, 1.807) is 0 Å². The molecule has 22 heavy (non-hydrogen) atoms. The quantitative estimate of drug-likeness (QED) is 0.537. The van der Waals surface area contributed by atoms with Gasteiger partial charge >= 0.3 is 0 Å². The largest absolute Gasteiger partial charge is 0.299 e. The van der Waals surface area contributed by atoms with E-state index in [0.717, 1.165) is 27.9 Å². The molecule has 0 saturated carbocycles. The molecule has 0 amide bonds. The molecule has 3 aromatic heterocycles. The molecule has 4 aromatic rings. The first kappa shape index (κ1) is 13.0. The Morgan fingerprint density at radius 1 is 0.864 bits per heavy atom. The third kappa shape index (κ3) is 2.26. The Labute approximate surface area is 132 Å². The zero-order valence-electron chi connectivity index (χ0n) is 11.6. The Balaban J connectivity index is 1.77. The van der Waals surface area contributed by atoms with E-state index in [0.29, 0.717) is 5.15 Å². The molecule has 4 heteroatoms. The van der Waals surface area contributed by atoms with Crippen molar-refractivity contribution in [1.29, 1.82) is 0 Å². The van der Waals surface area contributed by atoms with Gasteiger partial charge in [-0.1, -0.05) is 41.9 Å². The molecular formula is C18H12ClN3. The van der Waals surface area contributed by atoms with Crippen LogP contribution >= 0.6 is 11.6 Å². The van der Waals surface area contributed by atoms with E-state index in [1.807, 2.05) is 65.2 Å². The summed E-state index contributed by atoms with van der Waals surface area (Å²) in [4.78, 5) is 8.96. The van der Waals surface area contributed by atoms with Gasteiger partial charge in [0.05, 0.1) is 16.9 Å². The van der Waals surface area contributed by atoms with Gasteiger partial charge in [-0.15, -0.1) is 0 Å². The van der Waals surface area contributed by atoms with Crippen LogP contribution in [-0.4, -0.2) is 14.4 Å². The second-order valence-corrected chi connectivity index (χ2v) is 5.34. The smallest absolute Gasteiger partial charge is 0.155 e. The fourth-order valence-corrected chi connectivity index (χ4v) is 2.71. The summed E-state index contributed by atoms with van der Waals surface area (Å²) in [5, 5.41) is 1.62. The van der Waals surface area contributed by atoms with Crippen molar-refractivity contribution < 1.29 is 0 Å². The molecule has 106 valence electrons. The van der Waals surface area contributed by atoms with E-state index < -0.39 is 0 Å². The van der Waals surface area contributed by atoms with Gasteiger partial charge in [0.2, 0.25) is 0 Å². The minimum atomic E-state index is 0.489. The molecule has 0 unspecified atom stereocenters. The second-order valence-electron chi connectivity index (χ2n) is 4.98. The van der Waals surface area contributed by atoms with Crippen LogP contribution in [0.25, 0.3) is 28.7 Å². The highest BCUT2D eigenvalue weighted by atomic mass is 35.5. The molecule has 0 saturated heterocycles. The summed E-state index contributed by atoms with van der Waals surface area (Å²) in [6.07, 6.45) is 5.84. The number of fused-ring (bicyclic) bond motifs is 2. The SMILES string of the molecule is Clc1nc2ccccn2c1C=Cc1ccc2ccccc2n1. The van der Waals surface area contributed by atoms with Crippen LogP contribution in [0.5, 0.6) is 0 Å². The van der Waals surface area contributed by atoms with Gasteiger partial charge < -0.3 is 0 Å². The van der Waals surface area contributed by atoms with Crippen LogP contribution in [0.15, 0.2) is 60.8 Å². The molecule has 0 atom stereocenters. The Morgan fingerprint density at radius 2 is 1.73 bits per heavy atom. The first-order chi connectivity index (χ1) is 10.8.